The normalized spacial score (nSPS) is 13.2. The molecule has 1 rings (SSSR count). The maximum Gasteiger partial charge on any atom is 0.123 e. The minimum atomic E-state index is -0.687. The molecule has 0 fully saturated rings. The Bertz CT molecular complexity index is 291. The van der Waals surface area contributed by atoms with Crippen molar-refractivity contribution in [3.8, 4) is 0 Å². The van der Waals surface area contributed by atoms with Crippen molar-refractivity contribution in [1.29, 1.82) is 0 Å². The lowest BCUT2D eigenvalue weighted by Gasteiger charge is -2.16. The Kier molecular flexibility index (Phi) is 4.00. The van der Waals surface area contributed by atoms with Crippen LogP contribution in [0, 0.1) is 5.82 Å². The summed E-state index contributed by atoms with van der Waals surface area (Å²) in [5.41, 5.74) is 3.51. The summed E-state index contributed by atoms with van der Waals surface area (Å²) in [6.07, 6.45) is -0.687. The number of nitrogens with zero attached hydrogens (tertiary/aromatic N) is 1. The monoisotopic (exact) mass is 198 g/mol. The van der Waals surface area contributed by atoms with Crippen LogP contribution in [-0.4, -0.2) is 30.8 Å². The molecular weight excluding hydrogens is 183 g/mol. The third-order valence-electron chi connectivity index (χ3n) is 1.83. The Morgan fingerprint density at radius 3 is 2.79 bits per heavy atom. The average Bonchev–Trinajstić information content (AvgIpc) is 2.14. The van der Waals surface area contributed by atoms with Crippen molar-refractivity contribution in [2.24, 2.45) is 0 Å². The first-order chi connectivity index (χ1) is 6.59. The van der Waals surface area contributed by atoms with E-state index in [0.717, 1.165) is 0 Å². The number of nitrogens with one attached hydrogen (secondary N) is 1. The van der Waals surface area contributed by atoms with Crippen LogP contribution < -0.4 is 5.43 Å². The summed E-state index contributed by atoms with van der Waals surface area (Å²) < 4.78 is 12.8. The van der Waals surface area contributed by atoms with Gasteiger partial charge >= 0.3 is 0 Å². The van der Waals surface area contributed by atoms with Crippen LogP contribution in [-0.2, 0) is 0 Å². The summed E-state index contributed by atoms with van der Waals surface area (Å²) in [7, 11) is 3.66. The number of aliphatic hydroxyl groups excluding tert-OH is 1. The largest absolute Gasteiger partial charge is 0.387 e. The van der Waals surface area contributed by atoms with E-state index in [2.05, 4.69) is 5.43 Å². The minimum Gasteiger partial charge on any atom is -0.387 e. The molecule has 0 aliphatic rings. The molecule has 78 valence electrons. The maximum atomic E-state index is 12.8. The highest BCUT2D eigenvalue weighted by molar-refractivity contribution is 5.18. The van der Waals surface area contributed by atoms with E-state index in [1.807, 2.05) is 14.1 Å². The molecule has 0 amide bonds. The lowest BCUT2D eigenvalue weighted by molar-refractivity contribution is 0.141. The summed E-state index contributed by atoms with van der Waals surface area (Å²) in [5.74, 6) is -0.327. The molecular formula is C10H15FN2O. The SMILES string of the molecule is CN(C)NCC(O)c1cccc(F)c1. The predicted octanol–water partition coefficient (Wildman–Crippen LogP) is 0.925. The second-order valence-electron chi connectivity index (χ2n) is 3.33. The van der Waals surface area contributed by atoms with Gasteiger partial charge in [0.1, 0.15) is 5.82 Å². The molecule has 2 N–H and O–H groups in total. The van der Waals surface area contributed by atoms with Crippen molar-refractivity contribution < 1.29 is 9.50 Å². The van der Waals surface area contributed by atoms with Crippen LogP contribution >= 0.6 is 0 Å². The van der Waals surface area contributed by atoms with Crippen molar-refractivity contribution in [2.45, 2.75) is 6.10 Å². The number of halogens is 1. The Morgan fingerprint density at radius 2 is 2.21 bits per heavy atom. The van der Waals surface area contributed by atoms with Crippen LogP contribution in [0.1, 0.15) is 11.7 Å². The van der Waals surface area contributed by atoms with Crippen molar-refractivity contribution >= 4 is 0 Å². The molecule has 1 atom stereocenters. The molecule has 0 bridgehead atoms. The molecule has 0 heterocycles. The fourth-order valence-corrected chi connectivity index (χ4v) is 1.10. The Hall–Kier alpha value is -0.970. The van der Waals surface area contributed by atoms with Gasteiger partial charge in [-0.3, -0.25) is 10.4 Å². The van der Waals surface area contributed by atoms with Crippen LogP contribution in [0.4, 0.5) is 4.39 Å². The van der Waals surface area contributed by atoms with E-state index in [1.54, 1.807) is 17.1 Å². The zero-order chi connectivity index (χ0) is 10.6. The molecule has 14 heavy (non-hydrogen) atoms. The van der Waals surface area contributed by atoms with Gasteiger partial charge in [0.25, 0.3) is 0 Å². The van der Waals surface area contributed by atoms with Gasteiger partial charge < -0.3 is 5.11 Å². The van der Waals surface area contributed by atoms with Gasteiger partial charge in [-0.2, -0.15) is 0 Å². The first-order valence-electron chi connectivity index (χ1n) is 4.44. The summed E-state index contributed by atoms with van der Waals surface area (Å²) in [6.45, 7) is 0.371. The zero-order valence-corrected chi connectivity index (χ0v) is 8.37. The maximum absolute atomic E-state index is 12.8. The third-order valence-corrected chi connectivity index (χ3v) is 1.83. The average molecular weight is 198 g/mol. The van der Waals surface area contributed by atoms with Crippen LogP contribution in [0.3, 0.4) is 0 Å². The standard InChI is InChI=1S/C10H15FN2O/c1-13(2)12-7-10(14)8-4-3-5-9(11)6-8/h3-6,10,12,14H,7H2,1-2H3. The third kappa shape index (κ3) is 3.41. The number of benzene rings is 1. The number of hydrazine groups is 1. The highest BCUT2D eigenvalue weighted by Gasteiger charge is 2.07. The molecule has 0 saturated heterocycles. The lowest BCUT2D eigenvalue weighted by atomic mass is 10.1. The molecule has 0 aliphatic carbocycles. The van der Waals surface area contributed by atoms with E-state index in [9.17, 15) is 9.50 Å². The molecule has 0 aliphatic heterocycles. The van der Waals surface area contributed by atoms with Crippen molar-refractivity contribution in [3.05, 3.63) is 35.6 Å². The fraction of sp³-hybridized carbons (Fsp3) is 0.400. The summed E-state index contributed by atoms with van der Waals surface area (Å²) in [5, 5.41) is 11.4. The number of rotatable bonds is 4. The quantitative estimate of drug-likeness (QED) is 0.706. The van der Waals surface area contributed by atoms with Gasteiger partial charge in [-0.1, -0.05) is 12.1 Å². The van der Waals surface area contributed by atoms with Gasteiger partial charge in [-0.25, -0.2) is 4.39 Å². The van der Waals surface area contributed by atoms with Gasteiger partial charge in [0.05, 0.1) is 6.10 Å². The van der Waals surface area contributed by atoms with Gasteiger partial charge in [0.2, 0.25) is 0 Å². The van der Waals surface area contributed by atoms with E-state index in [0.29, 0.717) is 12.1 Å². The molecule has 3 nitrogen and oxygen atoms in total. The Morgan fingerprint density at radius 1 is 1.50 bits per heavy atom. The highest BCUT2D eigenvalue weighted by atomic mass is 19.1. The summed E-state index contributed by atoms with van der Waals surface area (Å²) in [6, 6.07) is 5.98. The zero-order valence-electron chi connectivity index (χ0n) is 8.37. The Labute approximate surface area is 83.1 Å². The van der Waals surface area contributed by atoms with E-state index in [1.165, 1.54) is 12.1 Å². The second-order valence-corrected chi connectivity index (χ2v) is 3.33. The van der Waals surface area contributed by atoms with Crippen LogP contribution in [0.5, 0.6) is 0 Å². The van der Waals surface area contributed by atoms with Crippen molar-refractivity contribution in [1.82, 2.24) is 10.4 Å². The van der Waals surface area contributed by atoms with Crippen LogP contribution in [0.25, 0.3) is 0 Å². The van der Waals surface area contributed by atoms with E-state index in [-0.39, 0.29) is 5.82 Å². The molecule has 0 saturated carbocycles. The van der Waals surface area contributed by atoms with E-state index in [4.69, 9.17) is 0 Å². The van der Waals surface area contributed by atoms with Crippen LogP contribution in [0.15, 0.2) is 24.3 Å². The van der Waals surface area contributed by atoms with Crippen LogP contribution in [0.2, 0.25) is 0 Å². The molecule has 0 aromatic heterocycles. The van der Waals surface area contributed by atoms with Gasteiger partial charge in [0.15, 0.2) is 0 Å². The first-order valence-corrected chi connectivity index (χ1v) is 4.44. The lowest BCUT2D eigenvalue weighted by Crippen LogP contribution is -2.33. The number of hydrogen-bond donors (Lipinski definition) is 2. The van der Waals surface area contributed by atoms with Gasteiger partial charge in [-0.15, -0.1) is 0 Å². The molecule has 0 radical (unpaired) electrons. The number of aliphatic hydroxyl groups is 1. The molecule has 1 unspecified atom stereocenters. The van der Waals surface area contributed by atoms with E-state index >= 15 is 0 Å². The van der Waals surface area contributed by atoms with Gasteiger partial charge in [0, 0.05) is 20.6 Å². The highest BCUT2D eigenvalue weighted by Crippen LogP contribution is 2.12. The number of hydrogen-bond acceptors (Lipinski definition) is 3. The first kappa shape index (κ1) is 11.1. The summed E-state index contributed by atoms with van der Waals surface area (Å²) >= 11 is 0. The fourth-order valence-electron chi connectivity index (χ4n) is 1.10. The molecule has 1 aromatic carbocycles. The molecule has 0 spiro atoms. The smallest absolute Gasteiger partial charge is 0.123 e. The van der Waals surface area contributed by atoms with Gasteiger partial charge in [-0.05, 0) is 17.7 Å². The minimum absolute atomic E-state index is 0.327. The van der Waals surface area contributed by atoms with Crippen molar-refractivity contribution in [3.63, 3.8) is 0 Å². The second kappa shape index (κ2) is 5.05. The molecule has 1 aromatic rings. The Balaban J connectivity index is 2.56. The topological polar surface area (TPSA) is 35.5 Å². The molecule has 4 heteroatoms. The van der Waals surface area contributed by atoms with Crippen molar-refractivity contribution in [2.75, 3.05) is 20.6 Å². The predicted molar refractivity (Wildman–Crippen MR) is 53.0 cm³/mol. The van der Waals surface area contributed by atoms with E-state index < -0.39 is 6.10 Å². The summed E-state index contributed by atoms with van der Waals surface area (Å²) in [4.78, 5) is 0.